The number of carbonyl (C=O) groups is 1. The summed E-state index contributed by atoms with van der Waals surface area (Å²) in [5, 5.41) is 12.0. The Bertz CT molecular complexity index is 482. The number of carboxylic acid groups (broad SMARTS) is 1. The summed E-state index contributed by atoms with van der Waals surface area (Å²) in [5.41, 5.74) is 6.15. The van der Waals surface area contributed by atoms with E-state index in [1.165, 1.54) is 12.3 Å². The molecule has 0 aromatic carbocycles. The molecule has 1 aromatic rings. The molecule has 1 aliphatic rings. The molecule has 7 heteroatoms. The second-order valence-corrected chi connectivity index (χ2v) is 5.93. The van der Waals surface area contributed by atoms with Crippen LogP contribution in [0, 0.1) is 0 Å². The lowest BCUT2D eigenvalue weighted by Gasteiger charge is -2.23. The van der Waals surface area contributed by atoms with Gasteiger partial charge in [-0.05, 0) is 18.9 Å². The van der Waals surface area contributed by atoms with Crippen LogP contribution in [0.3, 0.4) is 0 Å². The fraction of sp³-hybridized carbons (Fsp3) is 0.455. The number of nitrogen functional groups attached to an aromatic ring is 1. The van der Waals surface area contributed by atoms with Gasteiger partial charge in [0, 0.05) is 34.5 Å². The van der Waals surface area contributed by atoms with Gasteiger partial charge in [0.05, 0.1) is 11.3 Å². The predicted molar refractivity (Wildman–Crippen MR) is 70.1 cm³/mol. The molecule has 6 nitrogen and oxygen atoms in total. The summed E-state index contributed by atoms with van der Waals surface area (Å²) >= 11 is 0. The highest BCUT2D eigenvalue weighted by Crippen LogP contribution is 2.20. The number of carboxylic acids is 1. The van der Waals surface area contributed by atoms with E-state index in [9.17, 15) is 9.00 Å². The third-order valence-electron chi connectivity index (χ3n) is 2.89. The summed E-state index contributed by atoms with van der Waals surface area (Å²) in [7, 11) is -0.703. The quantitative estimate of drug-likeness (QED) is 0.745. The maximum absolute atomic E-state index is 11.2. The van der Waals surface area contributed by atoms with E-state index >= 15 is 0 Å². The molecule has 1 fully saturated rings. The molecule has 18 heavy (non-hydrogen) atoms. The van der Waals surface area contributed by atoms with Crippen LogP contribution in [0.15, 0.2) is 12.3 Å². The number of hydrogen-bond acceptors (Lipinski definition) is 5. The predicted octanol–water partition coefficient (Wildman–Crippen LogP) is 0.685. The SMILES string of the molecule is Nc1cc(C(=O)O)cnc1NC1CCS(=O)CC1. The monoisotopic (exact) mass is 269 g/mol. The number of hydrogen-bond donors (Lipinski definition) is 3. The first-order valence-corrected chi connectivity index (χ1v) is 7.15. The van der Waals surface area contributed by atoms with Gasteiger partial charge in [0.15, 0.2) is 0 Å². The van der Waals surface area contributed by atoms with Crippen LogP contribution in [0.4, 0.5) is 11.5 Å². The highest BCUT2D eigenvalue weighted by molar-refractivity contribution is 7.85. The Morgan fingerprint density at radius 3 is 2.72 bits per heavy atom. The molecule has 1 saturated heterocycles. The number of aromatic carboxylic acids is 1. The Kier molecular flexibility index (Phi) is 3.81. The lowest BCUT2D eigenvalue weighted by molar-refractivity contribution is 0.0696. The lowest BCUT2D eigenvalue weighted by Crippen LogP contribution is -2.30. The number of rotatable bonds is 3. The van der Waals surface area contributed by atoms with Gasteiger partial charge in [0.2, 0.25) is 0 Å². The molecule has 0 spiro atoms. The molecular weight excluding hydrogens is 254 g/mol. The first-order valence-electron chi connectivity index (χ1n) is 5.66. The maximum atomic E-state index is 11.2. The molecule has 0 saturated carbocycles. The number of pyridine rings is 1. The van der Waals surface area contributed by atoms with Gasteiger partial charge in [0.25, 0.3) is 0 Å². The van der Waals surface area contributed by atoms with E-state index in [-0.39, 0.29) is 11.6 Å². The third kappa shape index (κ3) is 2.98. The minimum Gasteiger partial charge on any atom is -0.478 e. The molecule has 0 aliphatic carbocycles. The summed E-state index contributed by atoms with van der Waals surface area (Å²) < 4.78 is 11.2. The number of nitrogens with zero attached hydrogens (tertiary/aromatic N) is 1. The van der Waals surface area contributed by atoms with Crippen LogP contribution in [0.25, 0.3) is 0 Å². The Morgan fingerprint density at radius 2 is 2.17 bits per heavy atom. The first kappa shape index (κ1) is 12.8. The standard InChI is InChI=1S/C11H15N3O3S/c12-9-5-7(11(15)16)6-13-10(9)14-8-1-3-18(17)4-2-8/h5-6,8H,1-4,12H2,(H,13,14)(H,15,16). The second-order valence-electron chi connectivity index (χ2n) is 4.23. The molecule has 2 rings (SSSR count). The van der Waals surface area contributed by atoms with Crippen molar-refractivity contribution in [2.75, 3.05) is 22.6 Å². The van der Waals surface area contributed by atoms with E-state index in [1.54, 1.807) is 0 Å². The summed E-state index contributed by atoms with van der Waals surface area (Å²) in [6.07, 6.45) is 2.91. The molecule has 0 atom stereocenters. The summed E-state index contributed by atoms with van der Waals surface area (Å²) in [5.74, 6) is 0.821. The average Bonchev–Trinajstić information content (AvgIpc) is 2.34. The molecule has 0 amide bonds. The Morgan fingerprint density at radius 1 is 1.50 bits per heavy atom. The molecule has 1 aliphatic heterocycles. The summed E-state index contributed by atoms with van der Waals surface area (Å²) in [6.45, 7) is 0. The molecule has 98 valence electrons. The minimum absolute atomic E-state index is 0.0720. The minimum atomic E-state index is -1.05. The van der Waals surface area contributed by atoms with Crippen LogP contribution in [0.2, 0.25) is 0 Å². The van der Waals surface area contributed by atoms with Crippen molar-refractivity contribution in [3.63, 3.8) is 0 Å². The van der Waals surface area contributed by atoms with E-state index in [0.29, 0.717) is 23.0 Å². The second kappa shape index (κ2) is 5.34. The molecule has 0 bridgehead atoms. The smallest absolute Gasteiger partial charge is 0.337 e. The Hall–Kier alpha value is -1.63. The van der Waals surface area contributed by atoms with Crippen molar-refractivity contribution in [3.8, 4) is 0 Å². The topological polar surface area (TPSA) is 105 Å². The van der Waals surface area contributed by atoms with Crippen LogP contribution in [-0.2, 0) is 10.8 Å². The van der Waals surface area contributed by atoms with E-state index in [4.69, 9.17) is 10.8 Å². The Labute approximate surface area is 107 Å². The van der Waals surface area contributed by atoms with E-state index in [1.807, 2.05) is 0 Å². The van der Waals surface area contributed by atoms with Crippen molar-refractivity contribution >= 4 is 28.3 Å². The molecule has 2 heterocycles. The van der Waals surface area contributed by atoms with Crippen LogP contribution in [-0.4, -0.2) is 37.8 Å². The molecule has 0 unspecified atom stereocenters. The average molecular weight is 269 g/mol. The number of anilines is 2. The van der Waals surface area contributed by atoms with Crippen molar-refractivity contribution in [1.82, 2.24) is 4.98 Å². The van der Waals surface area contributed by atoms with Crippen molar-refractivity contribution in [2.45, 2.75) is 18.9 Å². The van der Waals surface area contributed by atoms with Gasteiger partial charge in [-0.3, -0.25) is 4.21 Å². The van der Waals surface area contributed by atoms with Crippen molar-refractivity contribution in [2.24, 2.45) is 0 Å². The summed E-state index contributed by atoms with van der Waals surface area (Å²) in [4.78, 5) is 14.8. The fourth-order valence-corrected chi connectivity index (χ4v) is 3.15. The van der Waals surface area contributed by atoms with Gasteiger partial charge in [-0.2, -0.15) is 0 Å². The number of aromatic nitrogens is 1. The van der Waals surface area contributed by atoms with Crippen LogP contribution in [0.1, 0.15) is 23.2 Å². The van der Waals surface area contributed by atoms with Crippen molar-refractivity contribution < 1.29 is 14.1 Å². The zero-order valence-corrected chi connectivity index (χ0v) is 10.6. The molecule has 4 N–H and O–H groups in total. The Balaban J connectivity index is 2.05. The van der Waals surface area contributed by atoms with Crippen molar-refractivity contribution in [3.05, 3.63) is 17.8 Å². The highest BCUT2D eigenvalue weighted by atomic mass is 32.2. The van der Waals surface area contributed by atoms with Gasteiger partial charge in [-0.25, -0.2) is 9.78 Å². The molecular formula is C11H15N3O3S. The zero-order valence-electron chi connectivity index (χ0n) is 9.76. The first-order chi connectivity index (χ1) is 8.56. The van der Waals surface area contributed by atoms with Gasteiger partial charge >= 0.3 is 5.97 Å². The normalized spacial score (nSPS) is 23.6. The van der Waals surface area contributed by atoms with Gasteiger partial charge < -0.3 is 16.2 Å². The van der Waals surface area contributed by atoms with E-state index in [2.05, 4.69) is 10.3 Å². The van der Waals surface area contributed by atoms with Crippen molar-refractivity contribution in [1.29, 1.82) is 0 Å². The summed E-state index contributed by atoms with van der Waals surface area (Å²) in [6, 6.07) is 1.59. The maximum Gasteiger partial charge on any atom is 0.337 e. The third-order valence-corrected chi connectivity index (χ3v) is 4.28. The van der Waals surface area contributed by atoms with Gasteiger partial charge in [0.1, 0.15) is 5.82 Å². The molecule has 1 aromatic heterocycles. The zero-order chi connectivity index (χ0) is 13.1. The van der Waals surface area contributed by atoms with Crippen LogP contribution >= 0.6 is 0 Å². The number of nitrogens with two attached hydrogens (primary N) is 1. The van der Waals surface area contributed by atoms with Crippen LogP contribution in [0.5, 0.6) is 0 Å². The van der Waals surface area contributed by atoms with Crippen LogP contribution < -0.4 is 11.1 Å². The molecule has 0 radical (unpaired) electrons. The van der Waals surface area contributed by atoms with E-state index < -0.39 is 16.8 Å². The van der Waals surface area contributed by atoms with E-state index in [0.717, 1.165) is 12.8 Å². The van der Waals surface area contributed by atoms with Gasteiger partial charge in [-0.1, -0.05) is 0 Å². The van der Waals surface area contributed by atoms with Gasteiger partial charge in [-0.15, -0.1) is 0 Å². The lowest BCUT2D eigenvalue weighted by atomic mass is 10.1. The highest BCUT2D eigenvalue weighted by Gasteiger charge is 2.19. The number of nitrogens with one attached hydrogen (secondary N) is 1. The largest absolute Gasteiger partial charge is 0.478 e. The fourth-order valence-electron chi connectivity index (χ4n) is 1.85.